The highest BCUT2D eigenvalue weighted by molar-refractivity contribution is 5.57. The van der Waals surface area contributed by atoms with E-state index in [1.165, 1.54) is 30.6 Å². The zero-order valence-electron chi connectivity index (χ0n) is 13.9. The van der Waals surface area contributed by atoms with Crippen LogP contribution in [0.15, 0.2) is 24.3 Å². The summed E-state index contributed by atoms with van der Waals surface area (Å²) in [5.74, 6) is 0.700. The molecule has 1 aliphatic rings. The molecule has 0 radical (unpaired) electrons. The van der Waals surface area contributed by atoms with Crippen molar-refractivity contribution in [2.45, 2.75) is 46.1 Å². The summed E-state index contributed by atoms with van der Waals surface area (Å²) >= 11 is 0. The standard InChI is InChI=1S/C18H31N3/c1-4-11-20(12-5-2)16-6-8-17(9-7-16)21-13-10-15(3)18(21)14-19/h6-9,15,18H,4-5,10-14,19H2,1-3H3/t15-,18?/m0/s1. The van der Waals surface area contributed by atoms with E-state index in [2.05, 4.69) is 54.8 Å². The maximum Gasteiger partial charge on any atom is 0.0438 e. The summed E-state index contributed by atoms with van der Waals surface area (Å²) < 4.78 is 0. The van der Waals surface area contributed by atoms with E-state index in [9.17, 15) is 0 Å². The van der Waals surface area contributed by atoms with Crippen molar-refractivity contribution in [3.63, 3.8) is 0 Å². The molecule has 1 fully saturated rings. The van der Waals surface area contributed by atoms with Gasteiger partial charge in [0.2, 0.25) is 0 Å². The Bertz CT molecular complexity index is 409. The zero-order valence-corrected chi connectivity index (χ0v) is 13.9. The van der Waals surface area contributed by atoms with Crippen molar-refractivity contribution in [3.05, 3.63) is 24.3 Å². The molecule has 0 bridgehead atoms. The highest BCUT2D eigenvalue weighted by Gasteiger charge is 2.29. The molecule has 1 heterocycles. The van der Waals surface area contributed by atoms with E-state index in [-0.39, 0.29) is 0 Å². The van der Waals surface area contributed by atoms with Gasteiger partial charge in [0.15, 0.2) is 0 Å². The van der Waals surface area contributed by atoms with Crippen LogP contribution in [0.25, 0.3) is 0 Å². The fraction of sp³-hybridized carbons (Fsp3) is 0.667. The van der Waals surface area contributed by atoms with E-state index < -0.39 is 0 Å². The molecule has 0 spiro atoms. The van der Waals surface area contributed by atoms with Crippen LogP contribution >= 0.6 is 0 Å². The third-order valence-corrected chi connectivity index (χ3v) is 4.66. The van der Waals surface area contributed by atoms with Crippen LogP contribution in [0.4, 0.5) is 11.4 Å². The third kappa shape index (κ3) is 3.70. The van der Waals surface area contributed by atoms with Crippen LogP contribution in [0.1, 0.15) is 40.0 Å². The van der Waals surface area contributed by atoms with Gasteiger partial charge in [0.05, 0.1) is 0 Å². The summed E-state index contributed by atoms with van der Waals surface area (Å²) in [6, 6.07) is 9.59. The first-order valence-electron chi connectivity index (χ1n) is 8.53. The van der Waals surface area contributed by atoms with E-state index in [4.69, 9.17) is 5.73 Å². The second-order valence-corrected chi connectivity index (χ2v) is 6.27. The van der Waals surface area contributed by atoms with E-state index in [0.717, 1.165) is 26.2 Å². The fourth-order valence-electron chi connectivity index (χ4n) is 3.45. The number of hydrogen-bond donors (Lipinski definition) is 1. The predicted molar refractivity (Wildman–Crippen MR) is 93.2 cm³/mol. The molecule has 3 nitrogen and oxygen atoms in total. The zero-order chi connectivity index (χ0) is 15.2. The topological polar surface area (TPSA) is 32.5 Å². The fourth-order valence-corrected chi connectivity index (χ4v) is 3.45. The van der Waals surface area contributed by atoms with Gasteiger partial charge in [-0.2, -0.15) is 0 Å². The Morgan fingerprint density at radius 3 is 2.29 bits per heavy atom. The molecule has 1 saturated heterocycles. The molecule has 3 heteroatoms. The molecule has 118 valence electrons. The summed E-state index contributed by atoms with van der Waals surface area (Å²) in [4.78, 5) is 4.97. The van der Waals surface area contributed by atoms with Crippen LogP contribution in [0, 0.1) is 5.92 Å². The molecule has 0 amide bonds. The molecular formula is C18H31N3. The molecule has 0 saturated carbocycles. The van der Waals surface area contributed by atoms with Crippen molar-refractivity contribution < 1.29 is 0 Å². The predicted octanol–water partition coefficient (Wildman–Crippen LogP) is 3.49. The van der Waals surface area contributed by atoms with Crippen LogP contribution < -0.4 is 15.5 Å². The van der Waals surface area contributed by atoms with Gasteiger partial charge in [-0.1, -0.05) is 20.8 Å². The Labute approximate surface area is 130 Å². The SMILES string of the molecule is CCCN(CCC)c1ccc(N2CC[C@H](C)C2CN)cc1. The molecule has 1 unspecified atom stereocenters. The van der Waals surface area contributed by atoms with Crippen molar-refractivity contribution in [1.29, 1.82) is 0 Å². The largest absolute Gasteiger partial charge is 0.372 e. The van der Waals surface area contributed by atoms with E-state index in [1.54, 1.807) is 0 Å². The Kier molecular flexibility index (Phi) is 5.92. The van der Waals surface area contributed by atoms with Crippen molar-refractivity contribution in [1.82, 2.24) is 0 Å². The van der Waals surface area contributed by atoms with Crippen LogP contribution in [0.5, 0.6) is 0 Å². The minimum Gasteiger partial charge on any atom is -0.372 e. The minimum absolute atomic E-state index is 0.498. The van der Waals surface area contributed by atoms with Gasteiger partial charge in [-0.25, -0.2) is 0 Å². The smallest absolute Gasteiger partial charge is 0.0438 e. The average molecular weight is 289 g/mol. The summed E-state index contributed by atoms with van der Waals surface area (Å²) in [7, 11) is 0. The molecule has 0 aromatic heterocycles. The van der Waals surface area contributed by atoms with Crippen molar-refractivity contribution in [2.24, 2.45) is 11.7 Å². The summed E-state index contributed by atoms with van der Waals surface area (Å²) in [5, 5.41) is 0. The van der Waals surface area contributed by atoms with Crippen LogP contribution in [0.2, 0.25) is 0 Å². The normalized spacial score (nSPS) is 21.8. The monoisotopic (exact) mass is 289 g/mol. The Morgan fingerprint density at radius 2 is 1.76 bits per heavy atom. The van der Waals surface area contributed by atoms with Gasteiger partial charge < -0.3 is 15.5 Å². The molecule has 1 aliphatic heterocycles. The van der Waals surface area contributed by atoms with E-state index in [1.807, 2.05) is 0 Å². The lowest BCUT2D eigenvalue weighted by Crippen LogP contribution is -2.38. The number of benzene rings is 1. The Hall–Kier alpha value is -1.22. The van der Waals surface area contributed by atoms with Crippen LogP contribution in [-0.4, -0.2) is 32.2 Å². The Balaban J connectivity index is 2.11. The number of nitrogens with two attached hydrogens (primary N) is 1. The molecule has 1 aromatic carbocycles. The van der Waals surface area contributed by atoms with E-state index >= 15 is 0 Å². The number of anilines is 2. The second-order valence-electron chi connectivity index (χ2n) is 6.27. The lowest BCUT2D eigenvalue weighted by atomic mass is 10.0. The second kappa shape index (κ2) is 7.69. The molecule has 1 aromatic rings. The quantitative estimate of drug-likeness (QED) is 0.834. The lowest BCUT2D eigenvalue weighted by molar-refractivity contribution is 0.519. The molecule has 2 N–H and O–H groups in total. The maximum atomic E-state index is 5.96. The van der Waals surface area contributed by atoms with Gasteiger partial charge in [-0.05, 0) is 49.4 Å². The Morgan fingerprint density at radius 1 is 1.14 bits per heavy atom. The molecule has 0 aliphatic carbocycles. The molecule has 2 rings (SSSR count). The van der Waals surface area contributed by atoms with Gasteiger partial charge >= 0.3 is 0 Å². The van der Waals surface area contributed by atoms with Crippen molar-refractivity contribution >= 4 is 11.4 Å². The summed E-state index contributed by atoms with van der Waals surface area (Å²) in [6.45, 7) is 11.0. The van der Waals surface area contributed by atoms with Crippen molar-refractivity contribution in [3.8, 4) is 0 Å². The maximum absolute atomic E-state index is 5.96. The highest BCUT2D eigenvalue weighted by Crippen LogP contribution is 2.30. The van der Waals surface area contributed by atoms with Gasteiger partial charge in [0.25, 0.3) is 0 Å². The first-order valence-corrected chi connectivity index (χ1v) is 8.53. The lowest BCUT2D eigenvalue weighted by Gasteiger charge is -2.29. The van der Waals surface area contributed by atoms with Gasteiger partial charge in [0.1, 0.15) is 0 Å². The number of nitrogens with zero attached hydrogens (tertiary/aromatic N) is 2. The average Bonchev–Trinajstić information content (AvgIpc) is 2.88. The van der Waals surface area contributed by atoms with E-state index in [0.29, 0.717) is 12.0 Å². The molecular weight excluding hydrogens is 258 g/mol. The van der Waals surface area contributed by atoms with Gasteiger partial charge in [-0.15, -0.1) is 0 Å². The molecule has 2 atom stereocenters. The minimum atomic E-state index is 0.498. The number of hydrogen-bond acceptors (Lipinski definition) is 3. The summed E-state index contributed by atoms with van der Waals surface area (Å²) in [5.41, 5.74) is 8.63. The van der Waals surface area contributed by atoms with Crippen molar-refractivity contribution in [2.75, 3.05) is 36.0 Å². The highest BCUT2D eigenvalue weighted by atomic mass is 15.2. The van der Waals surface area contributed by atoms with Gasteiger partial charge in [0, 0.05) is 43.6 Å². The van der Waals surface area contributed by atoms with Gasteiger partial charge in [-0.3, -0.25) is 0 Å². The number of rotatable bonds is 7. The van der Waals surface area contributed by atoms with Crippen LogP contribution in [0.3, 0.4) is 0 Å². The first-order chi connectivity index (χ1) is 10.2. The summed E-state index contributed by atoms with van der Waals surface area (Å²) in [6.07, 6.45) is 3.64. The molecule has 21 heavy (non-hydrogen) atoms. The first kappa shape index (κ1) is 16.2. The third-order valence-electron chi connectivity index (χ3n) is 4.66. The van der Waals surface area contributed by atoms with Crippen LogP contribution in [-0.2, 0) is 0 Å².